The molecule has 23 heavy (non-hydrogen) atoms. The lowest BCUT2D eigenvalue weighted by atomic mass is 10.0. The van der Waals surface area contributed by atoms with Crippen LogP contribution in [0.25, 0.3) is 0 Å². The highest BCUT2D eigenvalue weighted by Crippen LogP contribution is 2.25. The fourth-order valence-corrected chi connectivity index (χ4v) is 3.10. The lowest BCUT2D eigenvalue weighted by molar-refractivity contribution is -0.136. The van der Waals surface area contributed by atoms with Crippen LogP contribution in [0.1, 0.15) is 30.3 Å². The van der Waals surface area contributed by atoms with Gasteiger partial charge < -0.3 is 10.6 Å². The van der Waals surface area contributed by atoms with Crippen LogP contribution >= 0.6 is 11.3 Å². The number of anilines is 1. The van der Waals surface area contributed by atoms with Crippen LogP contribution in [0.15, 0.2) is 35.7 Å². The number of hydrogen-bond acceptors (Lipinski definition) is 3. The highest BCUT2D eigenvalue weighted by atomic mass is 32.1. The van der Waals surface area contributed by atoms with Crippen molar-refractivity contribution in [1.82, 2.24) is 5.32 Å². The van der Waals surface area contributed by atoms with E-state index >= 15 is 0 Å². The molecule has 122 valence electrons. The Morgan fingerprint density at radius 1 is 1.17 bits per heavy atom. The van der Waals surface area contributed by atoms with Gasteiger partial charge in [-0.25, -0.2) is 4.39 Å². The molecule has 0 spiro atoms. The Bertz CT molecular complexity index is 699. The number of halogens is 1. The molecule has 6 heteroatoms. The van der Waals surface area contributed by atoms with Gasteiger partial charge in [0, 0.05) is 10.6 Å². The molecule has 1 heterocycles. The lowest BCUT2D eigenvalue weighted by Gasteiger charge is -2.21. The van der Waals surface area contributed by atoms with Crippen LogP contribution in [0.5, 0.6) is 0 Å². The first kappa shape index (κ1) is 17.1. The van der Waals surface area contributed by atoms with Gasteiger partial charge in [0.1, 0.15) is 5.82 Å². The second kappa shape index (κ2) is 7.37. The van der Waals surface area contributed by atoms with E-state index in [1.165, 1.54) is 23.5 Å². The van der Waals surface area contributed by atoms with Crippen LogP contribution in [-0.4, -0.2) is 11.8 Å². The molecule has 2 amide bonds. The summed E-state index contributed by atoms with van der Waals surface area (Å²) in [5, 5.41) is 7.12. The van der Waals surface area contributed by atoms with Gasteiger partial charge in [-0.1, -0.05) is 26.0 Å². The molecule has 0 fully saturated rings. The third-order valence-corrected chi connectivity index (χ3v) is 4.41. The number of rotatable bonds is 4. The van der Waals surface area contributed by atoms with Gasteiger partial charge in [-0.2, -0.15) is 0 Å². The van der Waals surface area contributed by atoms with Gasteiger partial charge in [0.25, 0.3) is 0 Å². The summed E-state index contributed by atoms with van der Waals surface area (Å²) in [5.41, 5.74) is 0.980. The van der Waals surface area contributed by atoms with E-state index in [-0.39, 0.29) is 12.0 Å². The Morgan fingerprint density at radius 3 is 2.52 bits per heavy atom. The van der Waals surface area contributed by atoms with E-state index < -0.39 is 17.6 Å². The Labute approximate surface area is 138 Å². The zero-order valence-electron chi connectivity index (χ0n) is 13.2. The summed E-state index contributed by atoms with van der Waals surface area (Å²) in [6.45, 7) is 5.67. The van der Waals surface area contributed by atoms with E-state index in [2.05, 4.69) is 10.6 Å². The molecule has 1 aromatic heterocycles. The second-order valence-corrected chi connectivity index (χ2v) is 6.60. The molecule has 1 aromatic carbocycles. The van der Waals surface area contributed by atoms with Crippen LogP contribution < -0.4 is 10.6 Å². The van der Waals surface area contributed by atoms with E-state index in [0.717, 1.165) is 4.88 Å². The number of benzene rings is 1. The van der Waals surface area contributed by atoms with Gasteiger partial charge in [-0.05, 0) is 42.0 Å². The van der Waals surface area contributed by atoms with Gasteiger partial charge in [-0.3, -0.25) is 9.59 Å². The first-order chi connectivity index (χ1) is 10.9. The standard InChI is InChI=1S/C17H19FN2O2S/c1-10(2)15(14-5-4-8-23-14)20-17(22)16(21)19-13-9-12(18)7-6-11(13)3/h4-10,15H,1-3H3,(H,19,21)(H,20,22). The molecule has 0 aliphatic carbocycles. The molecule has 0 radical (unpaired) electrons. The minimum Gasteiger partial charge on any atom is -0.340 e. The van der Waals surface area contributed by atoms with Crippen molar-refractivity contribution in [2.75, 3.05) is 5.32 Å². The molecular weight excluding hydrogens is 315 g/mol. The van der Waals surface area contributed by atoms with Crippen LogP contribution in [0.2, 0.25) is 0 Å². The monoisotopic (exact) mass is 334 g/mol. The maximum absolute atomic E-state index is 13.3. The molecular formula is C17H19FN2O2S. The SMILES string of the molecule is Cc1ccc(F)cc1NC(=O)C(=O)NC(c1cccs1)C(C)C. The van der Waals surface area contributed by atoms with Crippen LogP contribution in [0.3, 0.4) is 0 Å². The number of nitrogens with one attached hydrogen (secondary N) is 2. The van der Waals surface area contributed by atoms with E-state index in [1.54, 1.807) is 13.0 Å². The average molecular weight is 334 g/mol. The number of carbonyl (C=O) groups excluding carboxylic acids is 2. The van der Waals surface area contributed by atoms with Crippen molar-refractivity contribution in [3.05, 3.63) is 52.0 Å². The van der Waals surface area contributed by atoms with Crippen molar-refractivity contribution in [3.63, 3.8) is 0 Å². The number of carbonyl (C=O) groups is 2. The highest BCUT2D eigenvalue weighted by Gasteiger charge is 2.23. The van der Waals surface area contributed by atoms with E-state index in [1.807, 2.05) is 31.4 Å². The molecule has 2 rings (SSSR count). The van der Waals surface area contributed by atoms with Crippen molar-refractivity contribution in [2.45, 2.75) is 26.8 Å². The van der Waals surface area contributed by atoms with Crippen molar-refractivity contribution >= 4 is 28.8 Å². The van der Waals surface area contributed by atoms with Gasteiger partial charge in [0.2, 0.25) is 0 Å². The summed E-state index contributed by atoms with van der Waals surface area (Å²) in [6, 6.07) is 7.63. The Balaban J connectivity index is 2.07. The normalized spacial score (nSPS) is 12.0. The fraction of sp³-hybridized carbons (Fsp3) is 0.294. The maximum atomic E-state index is 13.3. The van der Waals surface area contributed by atoms with Gasteiger partial charge in [-0.15, -0.1) is 11.3 Å². The second-order valence-electron chi connectivity index (χ2n) is 5.62. The van der Waals surface area contributed by atoms with E-state index in [9.17, 15) is 14.0 Å². The predicted molar refractivity (Wildman–Crippen MR) is 89.8 cm³/mol. The molecule has 2 aromatic rings. The summed E-state index contributed by atoms with van der Waals surface area (Å²) in [5.74, 6) is -1.87. The summed E-state index contributed by atoms with van der Waals surface area (Å²) >= 11 is 1.53. The minimum absolute atomic E-state index is 0.140. The molecule has 1 atom stereocenters. The predicted octanol–water partition coefficient (Wildman–Crippen LogP) is 3.65. The molecule has 1 unspecified atom stereocenters. The number of amides is 2. The van der Waals surface area contributed by atoms with E-state index in [4.69, 9.17) is 0 Å². The Morgan fingerprint density at radius 2 is 1.91 bits per heavy atom. The van der Waals surface area contributed by atoms with Crippen molar-refractivity contribution in [3.8, 4) is 0 Å². The largest absolute Gasteiger partial charge is 0.340 e. The van der Waals surface area contributed by atoms with Gasteiger partial charge in [0.05, 0.1) is 6.04 Å². The first-order valence-corrected chi connectivity index (χ1v) is 8.18. The topological polar surface area (TPSA) is 58.2 Å². The summed E-state index contributed by atoms with van der Waals surface area (Å²) in [4.78, 5) is 25.2. The van der Waals surface area contributed by atoms with Crippen molar-refractivity contribution in [2.24, 2.45) is 5.92 Å². The summed E-state index contributed by atoms with van der Waals surface area (Å²) in [7, 11) is 0. The van der Waals surface area contributed by atoms with Crippen LogP contribution in [0, 0.1) is 18.7 Å². The quantitative estimate of drug-likeness (QED) is 0.839. The third-order valence-electron chi connectivity index (χ3n) is 3.46. The number of thiophene rings is 1. The molecule has 2 N–H and O–H groups in total. The zero-order valence-corrected chi connectivity index (χ0v) is 14.0. The molecule has 0 aliphatic heterocycles. The molecule has 0 saturated carbocycles. The van der Waals surface area contributed by atoms with E-state index in [0.29, 0.717) is 11.3 Å². The van der Waals surface area contributed by atoms with Gasteiger partial charge in [0.15, 0.2) is 0 Å². The minimum atomic E-state index is -0.805. The lowest BCUT2D eigenvalue weighted by Crippen LogP contribution is -2.39. The van der Waals surface area contributed by atoms with Crippen LogP contribution in [-0.2, 0) is 9.59 Å². The first-order valence-electron chi connectivity index (χ1n) is 7.30. The maximum Gasteiger partial charge on any atom is 0.313 e. The van der Waals surface area contributed by atoms with Crippen molar-refractivity contribution < 1.29 is 14.0 Å². The third kappa shape index (κ3) is 4.39. The molecule has 4 nitrogen and oxygen atoms in total. The zero-order chi connectivity index (χ0) is 17.0. The molecule has 0 saturated heterocycles. The number of aryl methyl sites for hydroxylation is 1. The fourth-order valence-electron chi connectivity index (χ4n) is 2.15. The Kier molecular flexibility index (Phi) is 5.50. The highest BCUT2D eigenvalue weighted by molar-refractivity contribution is 7.10. The smallest absolute Gasteiger partial charge is 0.313 e. The number of hydrogen-bond donors (Lipinski definition) is 2. The summed E-state index contributed by atoms with van der Waals surface area (Å²) in [6.07, 6.45) is 0. The molecule has 0 bridgehead atoms. The van der Waals surface area contributed by atoms with Gasteiger partial charge >= 0.3 is 11.8 Å². The van der Waals surface area contributed by atoms with Crippen molar-refractivity contribution in [1.29, 1.82) is 0 Å². The molecule has 0 aliphatic rings. The average Bonchev–Trinajstić information content (AvgIpc) is 3.01. The van der Waals surface area contributed by atoms with Crippen LogP contribution in [0.4, 0.5) is 10.1 Å². The Hall–Kier alpha value is -2.21. The summed E-state index contributed by atoms with van der Waals surface area (Å²) < 4.78 is 13.3.